The van der Waals surface area contributed by atoms with Gasteiger partial charge in [0.05, 0.1) is 0 Å². The van der Waals surface area contributed by atoms with Crippen molar-refractivity contribution in [2.24, 2.45) is 5.73 Å². The molecule has 0 fully saturated rings. The van der Waals surface area contributed by atoms with Gasteiger partial charge >= 0.3 is 0 Å². The van der Waals surface area contributed by atoms with E-state index in [9.17, 15) is 4.79 Å². The van der Waals surface area contributed by atoms with Crippen molar-refractivity contribution in [2.75, 3.05) is 6.54 Å². The second-order valence-corrected chi connectivity index (χ2v) is 4.87. The van der Waals surface area contributed by atoms with Crippen LogP contribution in [0.4, 0.5) is 0 Å². The molecule has 2 rings (SSSR count). The second kappa shape index (κ2) is 5.19. The Morgan fingerprint density at radius 1 is 1.42 bits per heavy atom. The van der Waals surface area contributed by atoms with Crippen LogP contribution in [0.25, 0.3) is 5.82 Å². The molecule has 3 N–H and O–H groups in total. The Morgan fingerprint density at radius 3 is 2.84 bits per heavy atom. The van der Waals surface area contributed by atoms with E-state index in [4.69, 9.17) is 5.73 Å². The lowest BCUT2D eigenvalue weighted by Gasteiger charge is -2.23. The zero-order valence-electron chi connectivity index (χ0n) is 11.0. The van der Waals surface area contributed by atoms with Gasteiger partial charge in [0.25, 0.3) is 5.91 Å². The largest absolute Gasteiger partial charge is 0.345 e. The highest BCUT2D eigenvalue weighted by molar-refractivity contribution is 5.92. The van der Waals surface area contributed by atoms with E-state index in [1.807, 2.05) is 13.8 Å². The fourth-order valence-electron chi connectivity index (χ4n) is 1.50. The second-order valence-electron chi connectivity index (χ2n) is 4.87. The van der Waals surface area contributed by atoms with Crippen LogP contribution in [-0.2, 0) is 0 Å². The van der Waals surface area contributed by atoms with Crippen LogP contribution in [0.5, 0.6) is 0 Å². The first-order chi connectivity index (χ1) is 9.02. The van der Waals surface area contributed by atoms with Crippen LogP contribution >= 0.6 is 0 Å². The highest BCUT2D eigenvalue weighted by Crippen LogP contribution is 2.06. The van der Waals surface area contributed by atoms with Gasteiger partial charge in [-0.2, -0.15) is 5.10 Å². The average molecular weight is 259 g/mol. The maximum atomic E-state index is 12.1. The van der Waals surface area contributed by atoms with Gasteiger partial charge in [-0.05, 0) is 32.0 Å². The number of rotatable bonds is 4. The molecule has 100 valence electrons. The average Bonchev–Trinajstić information content (AvgIpc) is 2.92. The maximum Gasteiger partial charge on any atom is 0.270 e. The molecule has 0 atom stereocenters. The molecule has 19 heavy (non-hydrogen) atoms. The third-order valence-electron chi connectivity index (χ3n) is 2.67. The van der Waals surface area contributed by atoms with E-state index in [1.165, 1.54) is 0 Å². The van der Waals surface area contributed by atoms with Gasteiger partial charge in [-0.25, -0.2) is 9.67 Å². The van der Waals surface area contributed by atoms with Gasteiger partial charge in [0.2, 0.25) is 0 Å². The van der Waals surface area contributed by atoms with Crippen LogP contribution < -0.4 is 11.1 Å². The standard InChI is InChI=1S/C13H17N5O/c1-13(2,9-14)17-12(19)10-5-3-6-11(16-10)18-8-4-7-15-18/h3-8H,9,14H2,1-2H3,(H,17,19). The molecule has 6 nitrogen and oxygen atoms in total. The molecule has 0 aromatic carbocycles. The summed E-state index contributed by atoms with van der Waals surface area (Å²) >= 11 is 0. The number of carbonyl (C=O) groups is 1. The van der Waals surface area contributed by atoms with Crippen molar-refractivity contribution in [1.82, 2.24) is 20.1 Å². The quantitative estimate of drug-likeness (QED) is 0.847. The molecule has 6 heteroatoms. The van der Waals surface area contributed by atoms with E-state index >= 15 is 0 Å². The molecule has 1 amide bonds. The molecule has 2 aromatic rings. The van der Waals surface area contributed by atoms with Gasteiger partial charge in [-0.15, -0.1) is 0 Å². The van der Waals surface area contributed by atoms with Crippen molar-refractivity contribution in [3.8, 4) is 5.82 Å². The van der Waals surface area contributed by atoms with Crippen molar-refractivity contribution in [1.29, 1.82) is 0 Å². The number of pyridine rings is 1. The monoisotopic (exact) mass is 259 g/mol. The Hall–Kier alpha value is -2.21. The number of amides is 1. The summed E-state index contributed by atoms with van der Waals surface area (Å²) in [6.07, 6.45) is 3.43. The van der Waals surface area contributed by atoms with E-state index in [0.717, 1.165) is 0 Å². The molecule has 0 saturated heterocycles. The lowest BCUT2D eigenvalue weighted by atomic mass is 10.1. The van der Waals surface area contributed by atoms with Gasteiger partial charge in [-0.3, -0.25) is 4.79 Å². The maximum absolute atomic E-state index is 12.1. The number of hydrogen-bond donors (Lipinski definition) is 2. The summed E-state index contributed by atoms with van der Waals surface area (Å²) < 4.78 is 1.60. The Bertz CT molecular complexity index is 562. The molecule has 0 spiro atoms. The van der Waals surface area contributed by atoms with E-state index in [2.05, 4.69) is 15.4 Å². The lowest BCUT2D eigenvalue weighted by Crippen LogP contribution is -2.49. The number of nitrogens with two attached hydrogens (primary N) is 1. The van der Waals surface area contributed by atoms with Crippen molar-refractivity contribution < 1.29 is 4.79 Å². The van der Waals surface area contributed by atoms with Crippen molar-refractivity contribution in [2.45, 2.75) is 19.4 Å². The van der Waals surface area contributed by atoms with Gasteiger partial charge in [0, 0.05) is 24.5 Å². The molecule has 0 unspecified atom stereocenters. The first-order valence-electron chi connectivity index (χ1n) is 6.01. The summed E-state index contributed by atoms with van der Waals surface area (Å²) in [5.41, 5.74) is 5.47. The number of aromatic nitrogens is 3. The highest BCUT2D eigenvalue weighted by Gasteiger charge is 2.20. The first kappa shape index (κ1) is 13.2. The minimum absolute atomic E-state index is 0.246. The molecule has 2 aromatic heterocycles. The molecule has 0 aliphatic carbocycles. The Kier molecular flexibility index (Phi) is 3.62. The van der Waals surface area contributed by atoms with Gasteiger partial charge in [0.15, 0.2) is 5.82 Å². The fourth-order valence-corrected chi connectivity index (χ4v) is 1.50. The van der Waals surface area contributed by atoms with Crippen molar-refractivity contribution in [3.05, 3.63) is 42.4 Å². The normalized spacial score (nSPS) is 11.3. The zero-order chi connectivity index (χ0) is 13.9. The molecule has 0 saturated carbocycles. The Labute approximate surface area is 111 Å². The molecule has 0 bridgehead atoms. The summed E-state index contributed by atoms with van der Waals surface area (Å²) in [7, 11) is 0. The van der Waals surface area contributed by atoms with E-state index in [-0.39, 0.29) is 5.91 Å². The third-order valence-corrected chi connectivity index (χ3v) is 2.67. The van der Waals surface area contributed by atoms with Crippen LogP contribution in [0, 0.1) is 0 Å². The SMILES string of the molecule is CC(C)(CN)NC(=O)c1cccc(-n2cccn2)n1. The van der Waals surface area contributed by atoms with Crippen LogP contribution in [0.2, 0.25) is 0 Å². The van der Waals surface area contributed by atoms with E-state index in [1.54, 1.807) is 41.3 Å². The fraction of sp³-hybridized carbons (Fsp3) is 0.308. The van der Waals surface area contributed by atoms with Crippen LogP contribution in [0.15, 0.2) is 36.7 Å². The predicted octanol–water partition coefficient (Wildman–Crippen LogP) is 0.734. The van der Waals surface area contributed by atoms with Crippen LogP contribution in [-0.4, -0.2) is 32.8 Å². The molecule has 0 radical (unpaired) electrons. The predicted molar refractivity (Wildman–Crippen MR) is 72.0 cm³/mol. The smallest absolute Gasteiger partial charge is 0.270 e. The number of nitrogens with zero attached hydrogens (tertiary/aromatic N) is 3. The summed E-state index contributed by atoms with van der Waals surface area (Å²) in [6.45, 7) is 4.09. The molecular weight excluding hydrogens is 242 g/mol. The Balaban J connectivity index is 2.22. The number of nitrogens with one attached hydrogen (secondary N) is 1. The lowest BCUT2D eigenvalue weighted by molar-refractivity contribution is 0.0910. The summed E-state index contributed by atoms with van der Waals surface area (Å²) in [5, 5.41) is 6.92. The zero-order valence-corrected chi connectivity index (χ0v) is 11.0. The summed E-state index contributed by atoms with van der Waals surface area (Å²) in [4.78, 5) is 16.4. The summed E-state index contributed by atoms with van der Waals surface area (Å²) in [6, 6.07) is 7.02. The minimum atomic E-state index is -0.458. The van der Waals surface area contributed by atoms with Crippen LogP contribution in [0.3, 0.4) is 0 Å². The van der Waals surface area contributed by atoms with E-state index in [0.29, 0.717) is 18.1 Å². The van der Waals surface area contributed by atoms with Gasteiger partial charge in [0.1, 0.15) is 5.69 Å². The van der Waals surface area contributed by atoms with Gasteiger partial charge < -0.3 is 11.1 Å². The molecule has 0 aliphatic rings. The van der Waals surface area contributed by atoms with E-state index < -0.39 is 5.54 Å². The highest BCUT2D eigenvalue weighted by atomic mass is 16.2. The minimum Gasteiger partial charge on any atom is -0.345 e. The third kappa shape index (κ3) is 3.17. The topological polar surface area (TPSA) is 85.8 Å². The van der Waals surface area contributed by atoms with Gasteiger partial charge in [-0.1, -0.05) is 6.07 Å². The van der Waals surface area contributed by atoms with Crippen molar-refractivity contribution in [3.63, 3.8) is 0 Å². The van der Waals surface area contributed by atoms with Crippen molar-refractivity contribution >= 4 is 5.91 Å². The number of carbonyl (C=O) groups excluding carboxylic acids is 1. The number of hydrogen-bond acceptors (Lipinski definition) is 4. The Morgan fingerprint density at radius 2 is 2.21 bits per heavy atom. The molecule has 2 heterocycles. The first-order valence-corrected chi connectivity index (χ1v) is 6.01. The molecule has 0 aliphatic heterocycles. The summed E-state index contributed by atoms with van der Waals surface area (Å²) in [5.74, 6) is 0.354. The molecular formula is C13H17N5O. The van der Waals surface area contributed by atoms with Crippen LogP contribution in [0.1, 0.15) is 24.3 Å².